The van der Waals surface area contributed by atoms with Crippen LogP contribution in [0.2, 0.25) is 0 Å². The number of aromatic amines is 1. The van der Waals surface area contributed by atoms with Gasteiger partial charge >= 0.3 is 5.97 Å². The minimum Gasteiger partial charge on any atom is -0.462 e. The number of H-pyrrole nitrogens is 1. The molecular formula is C15H13N3O2S. The minimum atomic E-state index is -0.489. The summed E-state index contributed by atoms with van der Waals surface area (Å²) >= 11 is 5.19. The van der Waals surface area contributed by atoms with Gasteiger partial charge in [-0.05, 0) is 19.9 Å². The van der Waals surface area contributed by atoms with Crippen molar-refractivity contribution < 1.29 is 9.53 Å². The van der Waals surface area contributed by atoms with Crippen LogP contribution in [0, 0.1) is 22.9 Å². The number of nitrogens with one attached hydrogen (secondary N) is 1. The zero-order valence-corrected chi connectivity index (χ0v) is 12.5. The van der Waals surface area contributed by atoms with Crippen LogP contribution in [0.1, 0.15) is 28.5 Å². The fraction of sp³-hybridized carbons (Fsp3) is 0.200. The van der Waals surface area contributed by atoms with E-state index in [9.17, 15) is 10.1 Å². The summed E-state index contributed by atoms with van der Waals surface area (Å²) in [5.41, 5.74) is 2.24. The van der Waals surface area contributed by atoms with E-state index >= 15 is 0 Å². The largest absolute Gasteiger partial charge is 0.462 e. The number of carbonyl (C=O) groups excluding carboxylic acids is 1. The molecule has 0 fully saturated rings. The van der Waals surface area contributed by atoms with Crippen LogP contribution in [0.4, 0.5) is 0 Å². The first-order chi connectivity index (χ1) is 10.1. The number of hydrogen-bond acceptors (Lipinski definition) is 5. The molecule has 0 aliphatic heterocycles. The van der Waals surface area contributed by atoms with Crippen LogP contribution in [-0.4, -0.2) is 22.5 Å². The molecule has 106 valence electrons. The summed E-state index contributed by atoms with van der Waals surface area (Å²) in [6.07, 6.45) is 3.21. The predicted octanol–water partition coefficient (Wildman–Crippen LogP) is 3.16. The molecular weight excluding hydrogens is 286 g/mol. The van der Waals surface area contributed by atoms with E-state index in [4.69, 9.17) is 17.0 Å². The number of pyridine rings is 2. The summed E-state index contributed by atoms with van der Waals surface area (Å²) in [6.45, 7) is 3.71. The van der Waals surface area contributed by atoms with E-state index in [2.05, 4.69) is 16.0 Å². The van der Waals surface area contributed by atoms with E-state index in [1.807, 2.05) is 0 Å². The number of nitrogens with zero attached hydrogens (tertiary/aromatic N) is 2. The molecule has 0 spiro atoms. The van der Waals surface area contributed by atoms with Crippen LogP contribution >= 0.6 is 12.2 Å². The highest BCUT2D eigenvalue weighted by atomic mass is 32.1. The van der Waals surface area contributed by atoms with Gasteiger partial charge in [0.2, 0.25) is 0 Å². The van der Waals surface area contributed by atoms with Gasteiger partial charge in [0.1, 0.15) is 10.7 Å². The molecule has 0 aliphatic rings. The fourth-order valence-electron chi connectivity index (χ4n) is 2.09. The van der Waals surface area contributed by atoms with E-state index in [1.165, 1.54) is 0 Å². The normalized spacial score (nSPS) is 9.95. The van der Waals surface area contributed by atoms with Crippen molar-refractivity contribution in [1.29, 1.82) is 5.26 Å². The lowest BCUT2D eigenvalue weighted by molar-refractivity contribution is 0.0526. The van der Waals surface area contributed by atoms with Crippen LogP contribution in [0.15, 0.2) is 24.5 Å². The van der Waals surface area contributed by atoms with Crippen molar-refractivity contribution in [2.24, 2.45) is 0 Å². The van der Waals surface area contributed by atoms with Crippen LogP contribution in [0.5, 0.6) is 0 Å². The fourth-order valence-corrected chi connectivity index (χ4v) is 2.39. The van der Waals surface area contributed by atoms with E-state index in [-0.39, 0.29) is 12.2 Å². The van der Waals surface area contributed by atoms with Gasteiger partial charge in [0, 0.05) is 29.2 Å². The highest BCUT2D eigenvalue weighted by Crippen LogP contribution is 2.29. The van der Waals surface area contributed by atoms with Crippen LogP contribution in [-0.2, 0) is 4.74 Å². The highest BCUT2D eigenvalue weighted by molar-refractivity contribution is 7.71. The Morgan fingerprint density at radius 1 is 1.57 bits per heavy atom. The van der Waals surface area contributed by atoms with E-state index in [0.29, 0.717) is 27.0 Å². The lowest BCUT2D eigenvalue weighted by Crippen LogP contribution is -2.12. The molecule has 0 amide bonds. The Morgan fingerprint density at radius 2 is 2.33 bits per heavy atom. The summed E-state index contributed by atoms with van der Waals surface area (Å²) < 4.78 is 5.38. The van der Waals surface area contributed by atoms with Gasteiger partial charge in [-0.25, -0.2) is 4.79 Å². The monoisotopic (exact) mass is 299 g/mol. The second kappa shape index (κ2) is 6.29. The standard InChI is InChI=1S/C15H13N3O2S/c1-3-20-15(19)12-9(2)18-14(21)11(7-16)13(12)10-5-4-6-17-8-10/h4-6,8H,3H2,1-2H3,(H,18,21). The van der Waals surface area contributed by atoms with Crippen molar-refractivity contribution in [3.8, 4) is 17.2 Å². The van der Waals surface area contributed by atoms with Crippen molar-refractivity contribution >= 4 is 18.2 Å². The molecule has 0 aromatic carbocycles. The van der Waals surface area contributed by atoms with Crippen LogP contribution < -0.4 is 0 Å². The number of esters is 1. The number of carbonyl (C=O) groups is 1. The van der Waals surface area contributed by atoms with Crippen molar-refractivity contribution in [2.45, 2.75) is 13.8 Å². The Balaban J connectivity index is 2.85. The summed E-state index contributed by atoms with van der Waals surface area (Å²) in [5.74, 6) is -0.489. The van der Waals surface area contributed by atoms with Crippen molar-refractivity contribution in [3.63, 3.8) is 0 Å². The minimum absolute atomic E-state index is 0.242. The third-order valence-electron chi connectivity index (χ3n) is 2.94. The maximum atomic E-state index is 12.2. The second-order valence-corrected chi connectivity index (χ2v) is 4.69. The molecule has 21 heavy (non-hydrogen) atoms. The van der Waals surface area contributed by atoms with Gasteiger partial charge < -0.3 is 9.72 Å². The number of nitriles is 1. The van der Waals surface area contributed by atoms with E-state index < -0.39 is 5.97 Å². The number of rotatable bonds is 3. The Morgan fingerprint density at radius 3 is 2.90 bits per heavy atom. The molecule has 6 heteroatoms. The first-order valence-electron chi connectivity index (χ1n) is 6.34. The molecule has 0 unspecified atom stereocenters. The average Bonchev–Trinajstić information content (AvgIpc) is 2.47. The third-order valence-corrected chi connectivity index (χ3v) is 3.25. The average molecular weight is 299 g/mol. The molecule has 2 rings (SSSR count). The predicted molar refractivity (Wildman–Crippen MR) is 80.3 cm³/mol. The SMILES string of the molecule is CCOC(=O)c1c(C)[nH]c(=S)c(C#N)c1-c1cccnc1. The maximum absolute atomic E-state index is 12.2. The third kappa shape index (κ3) is 2.83. The van der Waals surface area contributed by atoms with Crippen LogP contribution in [0.3, 0.4) is 0 Å². The smallest absolute Gasteiger partial charge is 0.340 e. The second-order valence-electron chi connectivity index (χ2n) is 4.28. The number of aromatic nitrogens is 2. The van der Waals surface area contributed by atoms with E-state index in [1.54, 1.807) is 38.4 Å². The molecule has 0 bridgehead atoms. The maximum Gasteiger partial charge on any atom is 0.340 e. The molecule has 1 N–H and O–H groups in total. The molecule has 0 saturated heterocycles. The van der Waals surface area contributed by atoms with Crippen LogP contribution in [0.25, 0.3) is 11.1 Å². The molecule has 0 saturated carbocycles. The summed E-state index contributed by atoms with van der Waals surface area (Å²) in [4.78, 5) is 19.1. The van der Waals surface area contributed by atoms with Gasteiger partial charge in [-0.2, -0.15) is 5.26 Å². The van der Waals surface area contributed by atoms with Gasteiger partial charge in [0.05, 0.1) is 17.7 Å². The molecule has 0 aliphatic carbocycles. The molecule has 0 radical (unpaired) electrons. The summed E-state index contributed by atoms with van der Waals surface area (Å²) in [6, 6.07) is 5.57. The Hall–Kier alpha value is -2.52. The van der Waals surface area contributed by atoms with Gasteiger partial charge in [0.15, 0.2) is 0 Å². The lowest BCUT2D eigenvalue weighted by atomic mass is 9.96. The Kier molecular flexibility index (Phi) is 4.45. The topological polar surface area (TPSA) is 78.8 Å². The number of aryl methyl sites for hydroxylation is 1. The first-order valence-corrected chi connectivity index (χ1v) is 6.75. The zero-order chi connectivity index (χ0) is 15.4. The molecule has 2 heterocycles. The summed E-state index contributed by atoms with van der Waals surface area (Å²) in [7, 11) is 0. The molecule has 2 aromatic heterocycles. The van der Waals surface area contributed by atoms with Gasteiger partial charge in [0.25, 0.3) is 0 Å². The first kappa shape index (κ1) is 14.9. The van der Waals surface area contributed by atoms with Crippen molar-refractivity contribution in [1.82, 2.24) is 9.97 Å². The molecule has 0 atom stereocenters. The summed E-state index contributed by atoms with van der Waals surface area (Å²) in [5, 5.41) is 9.38. The Labute approximate surface area is 127 Å². The Bertz CT molecular complexity index is 776. The number of hydrogen-bond donors (Lipinski definition) is 1. The van der Waals surface area contributed by atoms with Gasteiger partial charge in [-0.3, -0.25) is 4.98 Å². The molecule has 5 nitrogen and oxygen atoms in total. The van der Waals surface area contributed by atoms with Gasteiger partial charge in [-0.15, -0.1) is 0 Å². The quantitative estimate of drug-likeness (QED) is 0.695. The molecule has 2 aromatic rings. The lowest BCUT2D eigenvalue weighted by Gasteiger charge is -2.13. The van der Waals surface area contributed by atoms with Crippen molar-refractivity contribution in [2.75, 3.05) is 6.61 Å². The highest BCUT2D eigenvalue weighted by Gasteiger charge is 2.22. The zero-order valence-electron chi connectivity index (χ0n) is 11.6. The van der Waals surface area contributed by atoms with Gasteiger partial charge in [-0.1, -0.05) is 18.3 Å². The number of ether oxygens (including phenoxy) is 1. The van der Waals surface area contributed by atoms with Crippen molar-refractivity contribution in [3.05, 3.63) is 46.0 Å². The van der Waals surface area contributed by atoms with E-state index in [0.717, 1.165) is 0 Å².